The molecule has 0 saturated carbocycles. The van der Waals surface area contributed by atoms with Crippen molar-refractivity contribution in [1.29, 1.82) is 0 Å². The zero-order valence-electron chi connectivity index (χ0n) is 22.2. The third-order valence-corrected chi connectivity index (χ3v) is 8.29. The van der Waals surface area contributed by atoms with Crippen molar-refractivity contribution in [2.45, 2.75) is 71.4 Å². The summed E-state index contributed by atoms with van der Waals surface area (Å²) < 4.78 is 24.6. The van der Waals surface area contributed by atoms with Crippen LogP contribution in [0.5, 0.6) is 11.5 Å². The molecule has 1 fully saturated rings. The van der Waals surface area contributed by atoms with E-state index in [0.29, 0.717) is 36.5 Å². The van der Waals surface area contributed by atoms with Crippen molar-refractivity contribution in [2.24, 2.45) is 11.3 Å². The summed E-state index contributed by atoms with van der Waals surface area (Å²) in [6.45, 7) is 12.8. The first-order chi connectivity index (χ1) is 17.0. The fraction of sp³-hybridized carbons (Fsp3) is 0.552. The van der Waals surface area contributed by atoms with Gasteiger partial charge < -0.3 is 24.1 Å². The van der Waals surface area contributed by atoms with Crippen molar-refractivity contribution in [1.82, 2.24) is 0 Å². The van der Waals surface area contributed by atoms with E-state index in [4.69, 9.17) is 18.9 Å². The van der Waals surface area contributed by atoms with Crippen LogP contribution in [0, 0.1) is 11.3 Å². The molecule has 3 rings (SSSR count). The van der Waals surface area contributed by atoms with Crippen molar-refractivity contribution in [3.8, 4) is 11.5 Å². The van der Waals surface area contributed by atoms with E-state index in [2.05, 4.69) is 49.1 Å². The number of ether oxygens (including phenoxy) is 4. The molecule has 0 bridgehead atoms. The van der Waals surface area contributed by atoms with Gasteiger partial charge in [0.15, 0.2) is 17.3 Å². The lowest BCUT2D eigenvalue weighted by Crippen LogP contribution is -2.58. The van der Waals surface area contributed by atoms with Gasteiger partial charge in [0.1, 0.15) is 6.10 Å². The number of aliphatic hydroxyl groups excluding tert-OH is 1. The molecule has 0 aromatic heterocycles. The number of ketones is 1. The smallest absolute Gasteiger partial charge is 0.192 e. The average Bonchev–Trinajstić information content (AvgIpc) is 2.84. The predicted octanol–water partition coefficient (Wildman–Crippen LogP) is 5.96. The zero-order chi connectivity index (χ0) is 26.7. The highest BCUT2D eigenvalue weighted by Crippen LogP contribution is 2.50. The molecular formula is C29H39IO6. The number of carbonyl (C=O) groups is 1. The molecule has 7 heteroatoms. The number of hydrogen-bond donors (Lipinski definition) is 1. The maximum Gasteiger partial charge on any atom is 0.192 e. The predicted molar refractivity (Wildman–Crippen MR) is 150 cm³/mol. The maximum absolute atomic E-state index is 13.7. The summed E-state index contributed by atoms with van der Waals surface area (Å²) in [4.78, 5) is 13.7. The van der Waals surface area contributed by atoms with Crippen molar-refractivity contribution < 1.29 is 28.8 Å². The molecule has 1 aliphatic carbocycles. The molecule has 1 aliphatic heterocycles. The monoisotopic (exact) mass is 610 g/mol. The highest BCUT2D eigenvalue weighted by atomic mass is 127. The third-order valence-electron chi connectivity index (χ3n) is 7.85. The van der Waals surface area contributed by atoms with Crippen molar-refractivity contribution in [3.63, 3.8) is 0 Å². The molecule has 1 aromatic rings. The minimum absolute atomic E-state index is 0.187. The number of hydrogen-bond acceptors (Lipinski definition) is 6. The summed E-state index contributed by atoms with van der Waals surface area (Å²) in [7, 11) is 3.20. The number of benzene rings is 1. The van der Waals surface area contributed by atoms with Crippen LogP contribution >= 0.6 is 22.6 Å². The summed E-state index contributed by atoms with van der Waals surface area (Å²) >= 11 is 2.26. The second-order valence-electron chi connectivity index (χ2n) is 10.2. The average molecular weight is 611 g/mol. The van der Waals surface area contributed by atoms with Gasteiger partial charge in [-0.25, -0.2) is 0 Å². The standard InChI is InChI=1S/C29H39IO6/c1-8-28(4)18(2)14-24-25(26(31)27(32)29(5,36-24)13-9-10-19(3)30)21(28)17-35-16-20-11-12-22(33-6)23(15-20)34-7/h8,10-12,15,18,24,27,32H,1,9,13-14,16-17H2,2-7H3/b19-10-/t18-,24-,27-,28+,29+/m1/s1. The number of rotatable bonds is 10. The van der Waals surface area contributed by atoms with Gasteiger partial charge in [-0.15, -0.1) is 6.58 Å². The number of aliphatic hydroxyl groups is 1. The van der Waals surface area contributed by atoms with Gasteiger partial charge >= 0.3 is 0 Å². The molecule has 1 heterocycles. The van der Waals surface area contributed by atoms with Crippen LogP contribution in [-0.4, -0.2) is 49.5 Å². The second kappa shape index (κ2) is 11.8. The summed E-state index contributed by atoms with van der Waals surface area (Å²) in [6.07, 6.45) is 4.39. The number of methoxy groups -OCH3 is 2. The number of fused-ring (bicyclic) bond motifs is 1. The minimum Gasteiger partial charge on any atom is -0.493 e. The van der Waals surface area contributed by atoms with Crippen LogP contribution in [0.3, 0.4) is 0 Å². The topological polar surface area (TPSA) is 74.2 Å². The Kier molecular flexibility index (Phi) is 9.46. The van der Waals surface area contributed by atoms with Gasteiger partial charge in [-0.3, -0.25) is 4.79 Å². The Balaban J connectivity index is 1.88. The molecule has 0 radical (unpaired) electrons. The highest BCUT2D eigenvalue weighted by Gasteiger charge is 2.53. The summed E-state index contributed by atoms with van der Waals surface area (Å²) in [5, 5.41) is 11.1. The van der Waals surface area contributed by atoms with Crippen LogP contribution < -0.4 is 9.47 Å². The zero-order valence-corrected chi connectivity index (χ0v) is 24.4. The number of carbonyl (C=O) groups excluding carboxylic acids is 1. The molecule has 1 N–H and O–H groups in total. The third kappa shape index (κ3) is 5.74. The summed E-state index contributed by atoms with van der Waals surface area (Å²) in [6, 6.07) is 5.65. The number of Topliss-reactive ketones (excluding diaryl/α,β-unsaturated/α-hetero) is 1. The first kappa shape index (κ1) is 28.9. The molecule has 2 aliphatic rings. The Morgan fingerprint density at radius 3 is 2.56 bits per heavy atom. The molecule has 36 heavy (non-hydrogen) atoms. The van der Waals surface area contributed by atoms with Gasteiger partial charge in [0.2, 0.25) is 0 Å². The van der Waals surface area contributed by atoms with E-state index in [1.165, 1.54) is 3.58 Å². The molecule has 5 atom stereocenters. The van der Waals surface area contributed by atoms with E-state index in [0.717, 1.165) is 17.6 Å². The normalized spacial score (nSPS) is 30.7. The van der Waals surface area contributed by atoms with Gasteiger partial charge in [-0.1, -0.05) is 32.1 Å². The van der Waals surface area contributed by atoms with E-state index in [-0.39, 0.29) is 24.4 Å². The van der Waals surface area contributed by atoms with Gasteiger partial charge in [0.25, 0.3) is 0 Å². The molecule has 1 aromatic carbocycles. The molecule has 198 valence electrons. The van der Waals surface area contributed by atoms with Crippen LogP contribution in [0.25, 0.3) is 0 Å². The van der Waals surface area contributed by atoms with E-state index < -0.39 is 17.1 Å². The largest absolute Gasteiger partial charge is 0.493 e. The lowest BCUT2D eigenvalue weighted by molar-refractivity contribution is -0.180. The molecule has 0 spiro atoms. The highest BCUT2D eigenvalue weighted by molar-refractivity contribution is 14.1. The van der Waals surface area contributed by atoms with Gasteiger partial charge in [-0.05, 0) is 88.5 Å². The Bertz CT molecular complexity index is 1040. The Hall–Kier alpha value is -1.68. The van der Waals surface area contributed by atoms with Crippen LogP contribution in [-0.2, 0) is 20.9 Å². The van der Waals surface area contributed by atoms with Crippen LogP contribution in [0.2, 0.25) is 0 Å². The van der Waals surface area contributed by atoms with Crippen molar-refractivity contribution in [2.75, 3.05) is 20.8 Å². The lowest BCUT2D eigenvalue weighted by Gasteiger charge is -2.50. The SMILES string of the molecule is C=C[C@]1(C)C(COCc2ccc(OC)c(OC)c2)=C2C(=O)[C@@H](O)[C@](C)(CC/C=C(/C)I)O[C@@H]2C[C@H]1C. The van der Waals surface area contributed by atoms with Crippen molar-refractivity contribution in [3.05, 3.63) is 57.2 Å². The Morgan fingerprint density at radius 1 is 1.25 bits per heavy atom. The molecule has 6 nitrogen and oxygen atoms in total. The van der Waals surface area contributed by atoms with E-state index in [9.17, 15) is 9.90 Å². The van der Waals surface area contributed by atoms with Gasteiger partial charge in [-0.2, -0.15) is 0 Å². The Labute approximate surface area is 228 Å². The molecule has 0 unspecified atom stereocenters. The summed E-state index contributed by atoms with van der Waals surface area (Å²) in [5.41, 5.74) is 0.943. The fourth-order valence-electron chi connectivity index (χ4n) is 5.25. The molecular weight excluding hydrogens is 571 g/mol. The quantitative estimate of drug-likeness (QED) is 0.261. The maximum atomic E-state index is 13.7. The summed E-state index contributed by atoms with van der Waals surface area (Å²) in [5.74, 6) is 1.22. The lowest BCUT2D eigenvalue weighted by atomic mass is 9.62. The van der Waals surface area contributed by atoms with Gasteiger partial charge in [0, 0.05) is 11.0 Å². The fourth-order valence-corrected chi connectivity index (χ4v) is 5.56. The molecule has 1 saturated heterocycles. The number of halogens is 1. The first-order valence-electron chi connectivity index (χ1n) is 12.4. The van der Waals surface area contributed by atoms with E-state index in [1.807, 2.05) is 38.1 Å². The van der Waals surface area contributed by atoms with Crippen molar-refractivity contribution >= 4 is 28.4 Å². The minimum atomic E-state index is -1.23. The van der Waals surface area contributed by atoms with Crippen LogP contribution in [0.15, 0.2) is 51.7 Å². The van der Waals surface area contributed by atoms with E-state index in [1.54, 1.807) is 14.2 Å². The Morgan fingerprint density at radius 2 is 1.94 bits per heavy atom. The first-order valence-corrected chi connectivity index (χ1v) is 13.5. The number of allylic oxidation sites excluding steroid dienone is 3. The molecule has 0 amide bonds. The van der Waals surface area contributed by atoms with E-state index >= 15 is 0 Å². The van der Waals surface area contributed by atoms with Gasteiger partial charge in [0.05, 0.1) is 39.1 Å². The van der Waals surface area contributed by atoms with Crippen LogP contribution in [0.1, 0.15) is 52.5 Å². The van der Waals surface area contributed by atoms with Crippen LogP contribution in [0.4, 0.5) is 0 Å². The second-order valence-corrected chi connectivity index (χ2v) is 11.9.